The summed E-state index contributed by atoms with van der Waals surface area (Å²) in [5, 5.41) is 0. The van der Waals surface area contributed by atoms with Crippen LogP contribution in [0.1, 0.15) is 30.5 Å². The molecule has 3 aromatic rings. The number of rotatable bonds is 7. The van der Waals surface area contributed by atoms with E-state index < -0.39 is 0 Å². The number of ether oxygens (including phenoxy) is 2. The largest absolute Gasteiger partial charge is 0.489 e. The SMILES string of the molecule is CC[C@H](N)c1ccccc1Oc1ccc(OCc2ccccc2)cc1. The Balaban J connectivity index is 1.65. The second-order valence-electron chi connectivity index (χ2n) is 5.90. The number of hydrogen-bond donors (Lipinski definition) is 1. The van der Waals surface area contributed by atoms with Crippen LogP contribution in [0.3, 0.4) is 0 Å². The standard InChI is InChI=1S/C22H23NO2/c1-2-21(23)20-10-6-7-11-22(20)25-19-14-12-18(13-15-19)24-16-17-8-4-3-5-9-17/h3-15,21H,2,16,23H2,1H3/t21-/m0/s1. The minimum absolute atomic E-state index is 0.0234. The lowest BCUT2D eigenvalue weighted by molar-refractivity contribution is 0.306. The molecule has 0 aliphatic heterocycles. The van der Waals surface area contributed by atoms with Crippen molar-refractivity contribution >= 4 is 0 Å². The molecule has 3 nitrogen and oxygen atoms in total. The smallest absolute Gasteiger partial charge is 0.132 e. The molecule has 0 bridgehead atoms. The Morgan fingerprint density at radius 1 is 0.800 bits per heavy atom. The molecule has 0 radical (unpaired) electrons. The maximum atomic E-state index is 6.17. The zero-order valence-electron chi connectivity index (χ0n) is 14.4. The second-order valence-corrected chi connectivity index (χ2v) is 5.90. The van der Waals surface area contributed by atoms with Crippen molar-refractivity contribution in [3.05, 3.63) is 90.0 Å². The summed E-state index contributed by atoms with van der Waals surface area (Å²) >= 11 is 0. The van der Waals surface area contributed by atoms with Gasteiger partial charge in [0.1, 0.15) is 23.9 Å². The molecular weight excluding hydrogens is 310 g/mol. The molecule has 0 heterocycles. The predicted molar refractivity (Wildman–Crippen MR) is 101 cm³/mol. The highest BCUT2D eigenvalue weighted by molar-refractivity contribution is 5.41. The third-order valence-electron chi connectivity index (χ3n) is 4.06. The minimum Gasteiger partial charge on any atom is -0.489 e. The molecular formula is C22H23NO2. The highest BCUT2D eigenvalue weighted by Gasteiger charge is 2.10. The number of para-hydroxylation sites is 1. The van der Waals surface area contributed by atoms with Gasteiger partial charge in [-0.25, -0.2) is 0 Å². The molecule has 0 unspecified atom stereocenters. The molecule has 0 saturated carbocycles. The molecule has 1 atom stereocenters. The van der Waals surface area contributed by atoms with E-state index in [9.17, 15) is 0 Å². The summed E-state index contributed by atoms with van der Waals surface area (Å²) in [7, 11) is 0. The first-order valence-electron chi connectivity index (χ1n) is 8.55. The Morgan fingerprint density at radius 3 is 2.16 bits per heavy atom. The summed E-state index contributed by atoms with van der Waals surface area (Å²) in [6.45, 7) is 2.62. The van der Waals surface area contributed by atoms with Gasteiger partial charge in [-0.2, -0.15) is 0 Å². The maximum absolute atomic E-state index is 6.17. The molecule has 3 heteroatoms. The van der Waals surface area contributed by atoms with Gasteiger partial charge in [0.05, 0.1) is 0 Å². The van der Waals surface area contributed by atoms with E-state index in [0.717, 1.165) is 34.8 Å². The summed E-state index contributed by atoms with van der Waals surface area (Å²) in [4.78, 5) is 0. The van der Waals surface area contributed by atoms with E-state index in [-0.39, 0.29) is 6.04 Å². The second kappa shape index (κ2) is 8.36. The molecule has 0 amide bonds. The number of nitrogens with two attached hydrogens (primary N) is 1. The van der Waals surface area contributed by atoms with Gasteiger partial charge in [-0.15, -0.1) is 0 Å². The van der Waals surface area contributed by atoms with E-state index in [0.29, 0.717) is 6.61 Å². The van der Waals surface area contributed by atoms with Crippen LogP contribution in [0.2, 0.25) is 0 Å². The van der Waals surface area contributed by atoms with E-state index in [1.165, 1.54) is 0 Å². The first kappa shape index (κ1) is 17.1. The van der Waals surface area contributed by atoms with Crippen LogP contribution >= 0.6 is 0 Å². The Morgan fingerprint density at radius 2 is 1.44 bits per heavy atom. The monoisotopic (exact) mass is 333 g/mol. The van der Waals surface area contributed by atoms with E-state index in [1.54, 1.807) is 0 Å². The first-order chi connectivity index (χ1) is 12.3. The van der Waals surface area contributed by atoms with Crippen LogP contribution in [-0.4, -0.2) is 0 Å². The Bertz CT molecular complexity index is 785. The number of benzene rings is 3. The van der Waals surface area contributed by atoms with Crippen LogP contribution in [0.5, 0.6) is 17.2 Å². The van der Waals surface area contributed by atoms with Crippen molar-refractivity contribution in [1.82, 2.24) is 0 Å². The van der Waals surface area contributed by atoms with Gasteiger partial charge < -0.3 is 15.2 Å². The van der Waals surface area contributed by atoms with Gasteiger partial charge in [0.25, 0.3) is 0 Å². The van der Waals surface area contributed by atoms with Crippen LogP contribution in [0.15, 0.2) is 78.9 Å². The van der Waals surface area contributed by atoms with Crippen molar-refractivity contribution in [2.24, 2.45) is 5.73 Å². The average molecular weight is 333 g/mol. The van der Waals surface area contributed by atoms with Crippen molar-refractivity contribution in [2.45, 2.75) is 26.0 Å². The van der Waals surface area contributed by atoms with E-state index in [4.69, 9.17) is 15.2 Å². The zero-order valence-corrected chi connectivity index (χ0v) is 14.4. The van der Waals surface area contributed by atoms with Crippen LogP contribution < -0.4 is 15.2 Å². The molecule has 128 valence electrons. The maximum Gasteiger partial charge on any atom is 0.132 e. The normalized spacial score (nSPS) is 11.8. The third-order valence-corrected chi connectivity index (χ3v) is 4.06. The minimum atomic E-state index is -0.0234. The van der Waals surface area contributed by atoms with Crippen LogP contribution in [0.25, 0.3) is 0 Å². The van der Waals surface area contributed by atoms with Crippen LogP contribution in [0, 0.1) is 0 Å². The van der Waals surface area contributed by atoms with Crippen molar-refractivity contribution in [3.8, 4) is 17.2 Å². The quantitative estimate of drug-likeness (QED) is 0.624. The fraction of sp³-hybridized carbons (Fsp3) is 0.182. The molecule has 0 saturated heterocycles. The van der Waals surface area contributed by atoms with E-state index >= 15 is 0 Å². The summed E-state index contributed by atoms with van der Waals surface area (Å²) in [6.07, 6.45) is 0.868. The fourth-order valence-corrected chi connectivity index (χ4v) is 2.57. The van der Waals surface area contributed by atoms with Crippen molar-refractivity contribution in [3.63, 3.8) is 0 Å². The van der Waals surface area contributed by atoms with Crippen molar-refractivity contribution < 1.29 is 9.47 Å². The van der Waals surface area contributed by atoms with Crippen LogP contribution in [-0.2, 0) is 6.61 Å². The predicted octanol–water partition coefficient (Wildman–Crippen LogP) is 5.47. The van der Waals surface area contributed by atoms with Gasteiger partial charge in [0, 0.05) is 11.6 Å². The van der Waals surface area contributed by atoms with Gasteiger partial charge in [-0.05, 0) is 42.3 Å². The lowest BCUT2D eigenvalue weighted by Crippen LogP contribution is -2.09. The highest BCUT2D eigenvalue weighted by Crippen LogP contribution is 2.30. The molecule has 0 spiro atoms. The zero-order chi connectivity index (χ0) is 17.5. The average Bonchev–Trinajstić information content (AvgIpc) is 2.68. The molecule has 25 heavy (non-hydrogen) atoms. The van der Waals surface area contributed by atoms with Crippen molar-refractivity contribution in [2.75, 3.05) is 0 Å². The third kappa shape index (κ3) is 4.61. The summed E-state index contributed by atoms with van der Waals surface area (Å²) in [5.74, 6) is 2.38. The lowest BCUT2D eigenvalue weighted by atomic mass is 10.0. The van der Waals surface area contributed by atoms with E-state index in [1.807, 2.05) is 78.9 Å². The lowest BCUT2D eigenvalue weighted by Gasteiger charge is -2.15. The molecule has 0 aromatic heterocycles. The Labute approximate surface area is 149 Å². The molecule has 2 N–H and O–H groups in total. The Kier molecular flexibility index (Phi) is 5.70. The highest BCUT2D eigenvalue weighted by atomic mass is 16.5. The molecule has 0 aliphatic carbocycles. The summed E-state index contributed by atoms with van der Waals surface area (Å²) in [5.41, 5.74) is 8.33. The van der Waals surface area contributed by atoms with Gasteiger partial charge in [0.15, 0.2) is 0 Å². The van der Waals surface area contributed by atoms with Gasteiger partial charge >= 0.3 is 0 Å². The topological polar surface area (TPSA) is 44.5 Å². The van der Waals surface area contributed by atoms with Gasteiger partial charge in [-0.1, -0.05) is 55.5 Å². The summed E-state index contributed by atoms with van der Waals surface area (Å²) in [6, 6.07) is 25.6. The van der Waals surface area contributed by atoms with Gasteiger partial charge in [-0.3, -0.25) is 0 Å². The fourth-order valence-electron chi connectivity index (χ4n) is 2.57. The van der Waals surface area contributed by atoms with Gasteiger partial charge in [0.2, 0.25) is 0 Å². The Hall–Kier alpha value is -2.78. The van der Waals surface area contributed by atoms with E-state index in [2.05, 4.69) is 6.92 Å². The van der Waals surface area contributed by atoms with Crippen LogP contribution in [0.4, 0.5) is 0 Å². The molecule has 0 aliphatic rings. The molecule has 3 rings (SSSR count). The summed E-state index contributed by atoms with van der Waals surface area (Å²) < 4.78 is 11.8. The van der Waals surface area contributed by atoms with Crippen molar-refractivity contribution in [1.29, 1.82) is 0 Å². The molecule has 3 aromatic carbocycles. The molecule has 0 fully saturated rings. The number of hydrogen-bond acceptors (Lipinski definition) is 3. The first-order valence-corrected chi connectivity index (χ1v) is 8.55.